The average molecular weight is 219 g/mol. The number of rotatable bonds is 3. The molecule has 1 rings (SSSR count). The monoisotopic (exact) mass is 219 g/mol. The van der Waals surface area contributed by atoms with Crippen molar-refractivity contribution >= 4 is 0 Å². The Bertz CT molecular complexity index is 198. The first-order valence-corrected chi connectivity index (χ1v) is 5.25. The van der Waals surface area contributed by atoms with Gasteiger partial charge in [-0.3, -0.25) is 0 Å². The summed E-state index contributed by atoms with van der Waals surface area (Å²) >= 11 is 0. The summed E-state index contributed by atoms with van der Waals surface area (Å²) in [7, 11) is 1.47. The quantitative estimate of drug-likeness (QED) is 0.585. The Morgan fingerprint density at radius 1 is 1.47 bits per heavy atom. The first-order valence-electron chi connectivity index (χ1n) is 5.25. The largest absolute Gasteiger partial charge is 0.394 e. The molecule has 1 aliphatic heterocycles. The molecule has 1 aliphatic rings. The van der Waals surface area contributed by atoms with E-state index in [1.165, 1.54) is 7.11 Å². The second kappa shape index (κ2) is 5.23. The SMILES string of the molecule is COC1OC(CO)C(C(C)C)C(O)C1N. The molecule has 0 amide bonds. The van der Waals surface area contributed by atoms with Crippen LogP contribution < -0.4 is 5.73 Å². The molecule has 5 atom stereocenters. The maximum atomic E-state index is 10.0. The smallest absolute Gasteiger partial charge is 0.175 e. The van der Waals surface area contributed by atoms with Crippen LogP contribution in [0.3, 0.4) is 0 Å². The van der Waals surface area contributed by atoms with Crippen LogP contribution >= 0.6 is 0 Å². The molecule has 0 bridgehead atoms. The molecule has 5 nitrogen and oxygen atoms in total. The summed E-state index contributed by atoms with van der Waals surface area (Å²) in [6.07, 6.45) is -1.77. The van der Waals surface area contributed by atoms with E-state index < -0.39 is 24.5 Å². The molecular formula is C10H21NO4. The van der Waals surface area contributed by atoms with Crippen molar-refractivity contribution in [2.75, 3.05) is 13.7 Å². The predicted molar refractivity (Wildman–Crippen MR) is 55.1 cm³/mol. The van der Waals surface area contributed by atoms with E-state index in [1.807, 2.05) is 13.8 Å². The molecule has 0 aromatic carbocycles. The highest BCUT2D eigenvalue weighted by Crippen LogP contribution is 2.30. The molecule has 0 aromatic rings. The molecule has 4 N–H and O–H groups in total. The van der Waals surface area contributed by atoms with Gasteiger partial charge in [-0.05, 0) is 5.92 Å². The number of ether oxygens (including phenoxy) is 2. The van der Waals surface area contributed by atoms with Gasteiger partial charge >= 0.3 is 0 Å². The van der Waals surface area contributed by atoms with Gasteiger partial charge in [0.05, 0.1) is 24.9 Å². The molecule has 0 aliphatic carbocycles. The number of aliphatic hydroxyl groups excluding tert-OH is 2. The number of hydrogen-bond acceptors (Lipinski definition) is 5. The van der Waals surface area contributed by atoms with Crippen molar-refractivity contribution in [1.82, 2.24) is 0 Å². The van der Waals surface area contributed by atoms with Gasteiger partial charge in [-0.15, -0.1) is 0 Å². The van der Waals surface area contributed by atoms with Crippen LogP contribution in [0.1, 0.15) is 13.8 Å². The van der Waals surface area contributed by atoms with Gasteiger partial charge in [0.15, 0.2) is 6.29 Å². The molecule has 5 unspecified atom stereocenters. The molecule has 15 heavy (non-hydrogen) atoms. The van der Waals surface area contributed by atoms with Crippen molar-refractivity contribution in [3.8, 4) is 0 Å². The Labute approximate surface area is 90.2 Å². The lowest BCUT2D eigenvalue weighted by Crippen LogP contribution is -2.60. The van der Waals surface area contributed by atoms with Crippen LogP contribution in [0.15, 0.2) is 0 Å². The van der Waals surface area contributed by atoms with Gasteiger partial charge < -0.3 is 25.4 Å². The lowest BCUT2D eigenvalue weighted by molar-refractivity contribution is -0.249. The van der Waals surface area contributed by atoms with Gasteiger partial charge in [-0.25, -0.2) is 0 Å². The predicted octanol–water partition coefficient (Wildman–Crippen LogP) is -0.690. The Hall–Kier alpha value is -0.200. The van der Waals surface area contributed by atoms with Crippen molar-refractivity contribution in [3.63, 3.8) is 0 Å². The average Bonchev–Trinajstić information content (AvgIpc) is 2.20. The maximum absolute atomic E-state index is 10.0. The first-order chi connectivity index (χ1) is 7.02. The summed E-state index contributed by atoms with van der Waals surface area (Å²) in [6, 6.07) is -0.565. The van der Waals surface area contributed by atoms with Crippen LogP contribution in [0.2, 0.25) is 0 Å². The summed E-state index contributed by atoms with van der Waals surface area (Å²) in [5, 5.41) is 19.2. The van der Waals surface area contributed by atoms with Crippen molar-refractivity contribution in [1.29, 1.82) is 0 Å². The summed E-state index contributed by atoms with van der Waals surface area (Å²) in [6.45, 7) is 3.81. The maximum Gasteiger partial charge on any atom is 0.175 e. The van der Waals surface area contributed by atoms with Crippen molar-refractivity contribution in [3.05, 3.63) is 0 Å². The van der Waals surface area contributed by atoms with Gasteiger partial charge in [0, 0.05) is 13.0 Å². The number of hydrogen-bond donors (Lipinski definition) is 3. The molecule has 0 spiro atoms. The molecule has 1 heterocycles. The molecule has 0 aromatic heterocycles. The molecule has 1 saturated heterocycles. The highest BCUT2D eigenvalue weighted by Gasteiger charge is 2.44. The highest BCUT2D eigenvalue weighted by molar-refractivity contribution is 4.92. The lowest BCUT2D eigenvalue weighted by Gasteiger charge is -2.44. The molecular weight excluding hydrogens is 198 g/mol. The fourth-order valence-electron chi connectivity index (χ4n) is 2.19. The summed E-state index contributed by atoms with van der Waals surface area (Å²) in [5.74, 6) is 0.0393. The van der Waals surface area contributed by atoms with Crippen molar-refractivity contribution in [2.45, 2.75) is 38.4 Å². The summed E-state index contributed by atoms with van der Waals surface area (Å²) in [4.78, 5) is 0. The van der Waals surface area contributed by atoms with Crippen LogP contribution in [-0.2, 0) is 9.47 Å². The van der Waals surface area contributed by atoms with Crippen molar-refractivity contribution < 1.29 is 19.7 Å². The third kappa shape index (κ3) is 2.49. The Kier molecular flexibility index (Phi) is 4.48. The summed E-state index contributed by atoms with van der Waals surface area (Å²) in [5.41, 5.74) is 5.80. The molecule has 0 saturated carbocycles. The Morgan fingerprint density at radius 3 is 2.47 bits per heavy atom. The fourth-order valence-corrected chi connectivity index (χ4v) is 2.19. The highest BCUT2D eigenvalue weighted by atomic mass is 16.7. The van der Waals surface area contributed by atoms with Gasteiger partial charge in [0.25, 0.3) is 0 Å². The second-order valence-electron chi connectivity index (χ2n) is 4.35. The van der Waals surface area contributed by atoms with E-state index in [-0.39, 0.29) is 18.4 Å². The van der Waals surface area contributed by atoms with E-state index in [1.54, 1.807) is 0 Å². The molecule has 90 valence electrons. The molecule has 5 heteroatoms. The topological polar surface area (TPSA) is 84.9 Å². The normalized spacial score (nSPS) is 42.2. The van der Waals surface area contributed by atoms with E-state index in [4.69, 9.17) is 15.2 Å². The van der Waals surface area contributed by atoms with E-state index in [2.05, 4.69) is 0 Å². The number of nitrogens with two attached hydrogens (primary N) is 1. The van der Waals surface area contributed by atoms with Crippen LogP contribution in [0.5, 0.6) is 0 Å². The Morgan fingerprint density at radius 2 is 2.07 bits per heavy atom. The zero-order valence-electron chi connectivity index (χ0n) is 9.46. The van der Waals surface area contributed by atoms with Crippen LogP contribution in [0.25, 0.3) is 0 Å². The minimum absolute atomic E-state index is 0.132. The van der Waals surface area contributed by atoms with Gasteiger partial charge in [0.2, 0.25) is 0 Å². The third-order valence-electron chi connectivity index (χ3n) is 3.02. The lowest BCUT2D eigenvalue weighted by atomic mass is 9.80. The van der Waals surface area contributed by atoms with E-state index in [0.717, 1.165) is 0 Å². The van der Waals surface area contributed by atoms with Gasteiger partial charge in [-0.2, -0.15) is 0 Å². The zero-order valence-corrected chi connectivity index (χ0v) is 9.46. The van der Waals surface area contributed by atoms with E-state index in [0.29, 0.717) is 0 Å². The van der Waals surface area contributed by atoms with Crippen molar-refractivity contribution in [2.24, 2.45) is 17.6 Å². The molecule has 0 radical (unpaired) electrons. The second-order valence-corrected chi connectivity index (χ2v) is 4.35. The minimum Gasteiger partial charge on any atom is -0.394 e. The van der Waals surface area contributed by atoms with Gasteiger partial charge in [-0.1, -0.05) is 13.8 Å². The van der Waals surface area contributed by atoms with Crippen LogP contribution in [-0.4, -0.2) is 48.5 Å². The fraction of sp³-hybridized carbons (Fsp3) is 1.00. The zero-order chi connectivity index (χ0) is 11.6. The van der Waals surface area contributed by atoms with Gasteiger partial charge in [0.1, 0.15) is 0 Å². The standard InChI is InChI=1S/C10H21NO4/c1-5(2)7-6(4-12)15-10(14-3)8(11)9(7)13/h5-10,12-13H,4,11H2,1-3H3. The summed E-state index contributed by atoms with van der Waals surface area (Å²) < 4.78 is 10.5. The molecule has 1 fully saturated rings. The third-order valence-corrected chi connectivity index (χ3v) is 3.02. The number of methoxy groups -OCH3 is 1. The van der Waals surface area contributed by atoms with E-state index in [9.17, 15) is 10.2 Å². The van der Waals surface area contributed by atoms with Crippen LogP contribution in [0, 0.1) is 11.8 Å². The Balaban J connectivity index is 2.79. The number of aliphatic hydroxyl groups is 2. The van der Waals surface area contributed by atoms with E-state index >= 15 is 0 Å². The van der Waals surface area contributed by atoms with Crippen LogP contribution in [0.4, 0.5) is 0 Å². The first kappa shape index (κ1) is 12.9. The minimum atomic E-state index is -0.708.